The Morgan fingerprint density at radius 3 is 2.39 bits per heavy atom. The van der Waals surface area contributed by atoms with Gasteiger partial charge in [-0.05, 0) is 56.4 Å². The van der Waals surface area contributed by atoms with Gasteiger partial charge in [0, 0.05) is 40.5 Å². The molecule has 0 N–H and O–H groups in total. The van der Waals surface area contributed by atoms with E-state index in [4.69, 9.17) is 0 Å². The molecule has 0 atom stereocenters. The van der Waals surface area contributed by atoms with Gasteiger partial charge in [0.15, 0.2) is 0 Å². The van der Waals surface area contributed by atoms with Crippen LogP contribution in [0.4, 0.5) is 0 Å². The lowest BCUT2D eigenvalue weighted by Gasteiger charge is -2.16. The summed E-state index contributed by atoms with van der Waals surface area (Å²) in [4.78, 5) is 21.5. The van der Waals surface area contributed by atoms with Gasteiger partial charge in [0.2, 0.25) is 0 Å². The maximum atomic E-state index is 12.5. The second-order valence-electron chi connectivity index (χ2n) is 8.08. The fourth-order valence-corrected chi connectivity index (χ4v) is 4.20. The van der Waals surface area contributed by atoms with Crippen LogP contribution in [0.2, 0.25) is 0 Å². The summed E-state index contributed by atoms with van der Waals surface area (Å²) in [6.45, 7) is 10.7. The molecule has 0 bridgehead atoms. The molecule has 0 radical (unpaired) electrons. The summed E-state index contributed by atoms with van der Waals surface area (Å²) in [5, 5.41) is 2.03. The number of nitrogens with zero attached hydrogens (tertiary/aromatic N) is 3. The second-order valence-corrected chi connectivity index (χ2v) is 8.08. The van der Waals surface area contributed by atoms with E-state index in [-0.39, 0.29) is 5.56 Å². The van der Waals surface area contributed by atoms with Gasteiger partial charge in [0.05, 0.1) is 5.69 Å². The van der Waals surface area contributed by atoms with E-state index in [0.717, 1.165) is 45.3 Å². The third kappa shape index (κ3) is 3.09. The fourth-order valence-electron chi connectivity index (χ4n) is 4.20. The van der Waals surface area contributed by atoms with Crippen molar-refractivity contribution in [2.45, 2.75) is 41.0 Å². The van der Waals surface area contributed by atoms with Gasteiger partial charge in [-0.2, -0.15) is 4.98 Å². The van der Waals surface area contributed by atoms with E-state index in [9.17, 15) is 4.79 Å². The normalized spacial score (nSPS) is 11.6. The molecule has 1 aromatic carbocycles. The van der Waals surface area contributed by atoms with Crippen LogP contribution < -0.4 is 5.56 Å². The summed E-state index contributed by atoms with van der Waals surface area (Å²) < 4.78 is 2.04. The largest absolute Gasteiger partial charge is 0.300 e. The summed E-state index contributed by atoms with van der Waals surface area (Å²) in [5.41, 5.74) is 7.04. The number of aryl methyl sites for hydroxylation is 3. The van der Waals surface area contributed by atoms with Crippen molar-refractivity contribution >= 4 is 16.4 Å². The average molecular weight is 371 g/mol. The van der Waals surface area contributed by atoms with Crippen LogP contribution in [-0.4, -0.2) is 14.4 Å². The predicted octanol–water partition coefficient (Wildman–Crippen LogP) is 5.03. The predicted molar refractivity (Wildman–Crippen MR) is 115 cm³/mol. The summed E-state index contributed by atoms with van der Waals surface area (Å²) >= 11 is 0. The van der Waals surface area contributed by atoms with Crippen molar-refractivity contribution in [2.24, 2.45) is 5.92 Å². The minimum absolute atomic E-state index is 0.218. The van der Waals surface area contributed by atoms with Gasteiger partial charge >= 0.3 is 0 Å². The molecule has 0 aliphatic heterocycles. The van der Waals surface area contributed by atoms with Gasteiger partial charge in [-0.3, -0.25) is 9.78 Å². The van der Waals surface area contributed by atoms with E-state index in [1.165, 1.54) is 5.56 Å². The quantitative estimate of drug-likeness (QED) is 0.474. The molecule has 0 unspecified atom stereocenters. The first-order chi connectivity index (χ1) is 13.3. The highest BCUT2D eigenvalue weighted by Crippen LogP contribution is 2.30. The van der Waals surface area contributed by atoms with Crippen molar-refractivity contribution in [1.82, 2.24) is 14.4 Å². The molecular formula is C24H25N3O. The van der Waals surface area contributed by atoms with Crippen molar-refractivity contribution in [3.8, 4) is 11.3 Å². The van der Waals surface area contributed by atoms with E-state index < -0.39 is 0 Å². The molecule has 0 aliphatic carbocycles. The molecule has 3 aromatic heterocycles. The Bertz CT molecular complexity index is 1250. The monoisotopic (exact) mass is 371 g/mol. The number of pyridine rings is 2. The highest BCUT2D eigenvalue weighted by molar-refractivity contribution is 5.95. The molecule has 4 rings (SSSR count). The van der Waals surface area contributed by atoms with E-state index >= 15 is 0 Å². The molecule has 28 heavy (non-hydrogen) atoms. The highest BCUT2D eigenvalue weighted by Gasteiger charge is 2.15. The van der Waals surface area contributed by atoms with Crippen LogP contribution in [-0.2, 0) is 6.42 Å². The first-order valence-corrected chi connectivity index (χ1v) is 9.73. The van der Waals surface area contributed by atoms with E-state index in [1.807, 2.05) is 22.9 Å². The summed E-state index contributed by atoms with van der Waals surface area (Å²) in [7, 11) is 0. The number of hydrogen-bond acceptors (Lipinski definition) is 3. The first-order valence-electron chi connectivity index (χ1n) is 9.73. The van der Waals surface area contributed by atoms with Crippen molar-refractivity contribution in [3.05, 3.63) is 75.5 Å². The van der Waals surface area contributed by atoms with Crippen LogP contribution in [0.25, 0.3) is 27.7 Å². The van der Waals surface area contributed by atoms with Crippen molar-refractivity contribution in [3.63, 3.8) is 0 Å². The van der Waals surface area contributed by atoms with Crippen LogP contribution in [0.1, 0.15) is 36.2 Å². The second kappa shape index (κ2) is 6.86. The summed E-state index contributed by atoms with van der Waals surface area (Å²) in [6.07, 6.45) is 4.73. The molecule has 4 nitrogen and oxygen atoms in total. The van der Waals surface area contributed by atoms with Gasteiger partial charge in [-0.1, -0.05) is 31.5 Å². The molecule has 0 saturated carbocycles. The van der Waals surface area contributed by atoms with Crippen LogP contribution in [0.5, 0.6) is 0 Å². The lowest BCUT2D eigenvalue weighted by Crippen LogP contribution is -2.12. The number of hydrogen-bond donors (Lipinski definition) is 0. The molecule has 0 amide bonds. The molecule has 0 spiro atoms. The number of fused-ring (bicyclic) bond motifs is 3. The lowest BCUT2D eigenvalue weighted by molar-refractivity contribution is 0.639. The zero-order valence-corrected chi connectivity index (χ0v) is 17.1. The Morgan fingerprint density at radius 2 is 1.71 bits per heavy atom. The molecule has 3 heterocycles. The maximum absolute atomic E-state index is 12.5. The van der Waals surface area contributed by atoms with Gasteiger partial charge in [0.1, 0.15) is 5.65 Å². The number of benzene rings is 1. The molecule has 4 heteroatoms. The van der Waals surface area contributed by atoms with Crippen LogP contribution in [0.3, 0.4) is 0 Å². The van der Waals surface area contributed by atoms with E-state index in [0.29, 0.717) is 11.6 Å². The molecule has 4 aromatic rings. The SMILES string of the molecule is Cc1cc(C)c(-c2cc(=O)nc3c4ccnc(CC(C)C)c4ccn23)c(C)c1. The Hall–Kier alpha value is -3.01. The summed E-state index contributed by atoms with van der Waals surface area (Å²) in [5.74, 6) is 0.508. The van der Waals surface area contributed by atoms with Crippen molar-refractivity contribution in [2.75, 3.05) is 0 Å². The molecule has 0 fully saturated rings. The Morgan fingerprint density at radius 1 is 1.00 bits per heavy atom. The van der Waals surface area contributed by atoms with Gasteiger partial charge in [-0.15, -0.1) is 0 Å². The molecule has 0 saturated heterocycles. The van der Waals surface area contributed by atoms with Gasteiger partial charge in [-0.25, -0.2) is 0 Å². The van der Waals surface area contributed by atoms with Crippen LogP contribution in [0, 0.1) is 26.7 Å². The average Bonchev–Trinajstić information content (AvgIpc) is 2.60. The van der Waals surface area contributed by atoms with Crippen LogP contribution in [0.15, 0.2) is 47.5 Å². The minimum Gasteiger partial charge on any atom is -0.300 e. The Labute approximate surface area is 164 Å². The zero-order valence-electron chi connectivity index (χ0n) is 17.1. The lowest BCUT2D eigenvalue weighted by atomic mass is 9.96. The topological polar surface area (TPSA) is 47.3 Å². The third-order valence-corrected chi connectivity index (χ3v) is 5.20. The molecular weight excluding hydrogens is 346 g/mol. The van der Waals surface area contributed by atoms with Gasteiger partial charge in [0.25, 0.3) is 5.56 Å². The first kappa shape index (κ1) is 18.4. The third-order valence-electron chi connectivity index (χ3n) is 5.20. The Balaban J connectivity index is 2.09. The fraction of sp³-hybridized carbons (Fsp3) is 0.292. The van der Waals surface area contributed by atoms with E-state index in [2.05, 4.69) is 62.8 Å². The Kier molecular flexibility index (Phi) is 4.50. The zero-order chi connectivity index (χ0) is 20.0. The summed E-state index contributed by atoms with van der Waals surface area (Å²) in [6, 6.07) is 10.0. The number of aromatic nitrogens is 3. The molecule has 142 valence electrons. The molecule has 0 aliphatic rings. The van der Waals surface area contributed by atoms with Gasteiger partial charge < -0.3 is 4.40 Å². The van der Waals surface area contributed by atoms with Crippen LogP contribution >= 0.6 is 0 Å². The standard InChI is InChI=1S/C24H25N3O/c1-14(2)10-20-18-7-9-27-21(23-16(4)11-15(3)12-17(23)5)13-22(28)26-24(27)19(18)6-8-25-20/h6-9,11-14H,10H2,1-5H3. The number of rotatable bonds is 3. The maximum Gasteiger partial charge on any atom is 0.273 e. The van der Waals surface area contributed by atoms with Crippen molar-refractivity contribution in [1.29, 1.82) is 0 Å². The highest BCUT2D eigenvalue weighted by atomic mass is 16.1. The van der Waals surface area contributed by atoms with E-state index in [1.54, 1.807) is 6.07 Å². The van der Waals surface area contributed by atoms with Crippen molar-refractivity contribution < 1.29 is 0 Å². The minimum atomic E-state index is -0.218. The smallest absolute Gasteiger partial charge is 0.273 e.